The van der Waals surface area contributed by atoms with Crippen LogP contribution in [0.2, 0.25) is 0 Å². The van der Waals surface area contributed by atoms with Gasteiger partial charge in [-0.15, -0.1) is 0 Å². The van der Waals surface area contributed by atoms with Gasteiger partial charge in [-0.25, -0.2) is 0 Å². The van der Waals surface area contributed by atoms with Gasteiger partial charge in [0.25, 0.3) is 0 Å². The molecule has 0 spiro atoms. The number of hydrogen-bond acceptors (Lipinski definition) is 6. The average Bonchev–Trinajstić information content (AvgIpc) is 2.89. The van der Waals surface area contributed by atoms with Crippen molar-refractivity contribution in [3.63, 3.8) is 0 Å². The molecule has 0 aliphatic carbocycles. The van der Waals surface area contributed by atoms with E-state index >= 15 is 0 Å². The van der Waals surface area contributed by atoms with Crippen LogP contribution in [0.4, 0.5) is 0 Å². The smallest absolute Gasteiger partial charge is 0.181 e. The molecule has 3 heterocycles. The number of carbonyl (C=O) groups excluding carboxylic acids is 1. The van der Waals surface area contributed by atoms with E-state index in [4.69, 9.17) is 0 Å². The molecule has 0 amide bonds. The summed E-state index contributed by atoms with van der Waals surface area (Å²) in [6, 6.07) is 0. The fourth-order valence-electron chi connectivity index (χ4n) is 2.89. The number of carbonyl (C=O) groups is 1. The second-order valence-corrected chi connectivity index (χ2v) is 5.33. The minimum Gasteiger partial charge on any atom is -0.368 e. The van der Waals surface area contributed by atoms with E-state index in [1.807, 2.05) is 0 Å². The number of hydrazone groups is 1. The molecule has 3 rings (SSSR count). The summed E-state index contributed by atoms with van der Waals surface area (Å²) in [4.78, 5) is 16.2. The summed E-state index contributed by atoms with van der Waals surface area (Å²) >= 11 is 0. The van der Waals surface area contributed by atoms with Crippen LogP contribution in [-0.4, -0.2) is 54.1 Å². The van der Waals surface area contributed by atoms with Crippen molar-refractivity contribution in [2.24, 2.45) is 5.10 Å². The summed E-state index contributed by atoms with van der Waals surface area (Å²) in [5.74, 6) is 1.94. The summed E-state index contributed by atoms with van der Waals surface area (Å²) in [7, 11) is 0. The molecule has 3 aliphatic rings. The highest BCUT2D eigenvalue weighted by molar-refractivity contribution is 5.97. The van der Waals surface area contributed by atoms with Gasteiger partial charge in [-0.1, -0.05) is 6.42 Å². The van der Waals surface area contributed by atoms with Gasteiger partial charge in [0.1, 0.15) is 17.4 Å². The summed E-state index contributed by atoms with van der Waals surface area (Å²) in [5.41, 5.74) is 3.50. The van der Waals surface area contributed by atoms with Gasteiger partial charge in [0, 0.05) is 20.0 Å². The van der Waals surface area contributed by atoms with E-state index < -0.39 is 0 Å². The van der Waals surface area contributed by atoms with Crippen molar-refractivity contribution in [3.8, 4) is 0 Å². The molecular weight excluding hydrogens is 242 g/mol. The standard InChI is InChI=1S/C13H21N5O/c1-10(19)12-13-14-5-8-18(13)11(15-16-12)9-17-6-3-2-4-7-17/h14,16H,2-9H2,1H3. The van der Waals surface area contributed by atoms with Gasteiger partial charge in [0.2, 0.25) is 0 Å². The monoisotopic (exact) mass is 263 g/mol. The number of rotatable bonds is 3. The molecule has 0 saturated carbocycles. The lowest BCUT2D eigenvalue weighted by molar-refractivity contribution is -0.114. The lowest BCUT2D eigenvalue weighted by atomic mass is 10.1. The van der Waals surface area contributed by atoms with Gasteiger partial charge in [0.05, 0.1) is 6.54 Å². The van der Waals surface area contributed by atoms with Gasteiger partial charge >= 0.3 is 0 Å². The zero-order valence-corrected chi connectivity index (χ0v) is 11.4. The highest BCUT2D eigenvalue weighted by Gasteiger charge is 2.30. The van der Waals surface area contributed by atoms with E-state index in [2.05, 4.69) is 25.6 Å². The molecule has 0 unspecified atom stereocenters. The lowest BCUT2D eigenvalue weighted by Gasteiger charge is -2.32. The maximum atomic E-state index is 11.6. The van der Waals surface area contributed by atoms with E-state index in [9.17, 15) is 4.79 Å². The van der Waals surface area contributed by atoms with Crippen LogP contribution in [0.1, 0.15) is 26.2 Å². The largest absolute Gasteiger partial charge is 0.368 e. The normalized spacial score (nSPS) is 23.6. The third-order valence-corrected chi connectivity index (χ3v) is 3.91. The lowest BCUT2D eigenvalue weighted by Crippen LogP contribution is -2.45. The molecule has 6 heteroatoms. The highest BCUT2D eigenvalue weighted by atomic mass is 16.1. The summed E-state index contributed by atoms with van der Waals surface area (Å²) in [5, 5.41) is 7.68. The first kappa shape index (κ1) is 12.5. The number of hydrogen-bond donors (Lipinski definition) is 2. The third kappa shape index (κ3) is 2.45. The van der Waals surface area contributed by atoms with Crippen molar-refractivity contribution in [3.05, 3.63) is 11.5 Å². The minimum atomic E-state index is 0.0233. The topological polar surface area (TPSA) is 60.0 Å². The Morgan fingerprint density at radius 2 is 2.05 bits per heavy atom. The first-order chi connectivity index (χ1) is 9.25. The first-order valence-electron chi connectivity index (χ1n) is 7.07. The van der Waals surface area contributed by atoms with Crippen LogP contribution < -0.4 is 10.7 Å². The number of allylic oxidation sites excluding steroid dienone is 1. The SMILES string of the molecule is CC(=O)C1=C2NCCN2C(CN2CCCCC2)=NN1. The molecule has 6 nitrogen and oxygen atoms in total. The Bertz CT molecular complexity index is 436. The molecule has 0 aromatic rings. The number of Topliss-reactive ketones (excluding diaryl/α,β-unsaturated/α-hetero) is 1. The predicted molar refractivity (Wildman–Crippen MR) is 73.3 cm³/mol. The number of amidine groups is 1. The van der Waals surface area contributed by atoms with E-state index in [0.29, 0.717) is 5.70 Å². The van der Waals surface area contributed by atoms with Crippen LogP contribution in [-0.2, 0) is 4.79 Å². The average molecular weight is 263 g/mol. The van der Waals surface area contributed by atoms with Crippen LogP contribution in [0.25, 0.3) is 0 Å². The van der Waals surface area contributed by atoms with Crippen LogP contribution in [0.3, 0.4) is 0 Å². The summed E-state index contributed by atoms with van der Waals surface area (Å²) in [6.07, 6.45) is 3.90. The molecule has 0 atom stereocenters. The molecule has 2 saturated heterocycles. The third-order valence-electron chi connectivity index (χ3n) is 3.91. The van der Waals surface area contributed by atoms with Crippen molar-refractivity contribution in [1.82, 2.24) is 20.5 Å². The predicted octanol–water partition coefficient (Wildman–Crippen LogP) is 0.0523. The van der Waals surface area contributed by atoms with Gasteiger partial charge in [0.15, 0.2) is 5.78 Å². The van der Waals surface area contributed by atoms with Crippen molar-refractivity contribution >= 4 is 11.6 Å². The molecule has 2 fully saturated rings. The maximum Gasteiger partial charge on any atom is 0.181 e. The van der Waals surface area contributed by atoms with E-state index in [1.54, 1.807) is 6.92 Å². The number of nitrogens with one attached hydrogen (secondary N) is 2. The van der Waals surface area contributed by atoms with E-state index in [-0.39, 0.29) is 5.78 Å². The van der Waals surface area contributed by atoms with Crippen LogP contribution in [0.15, 0.2) is 16.6 Å². The maximum absolute atomic E-state index is 11.6. The molecule has 0 bridgehead atoms. The van der Waals surface area contributed by atoms with E-state index in [1.165, 1.54) is 19.3 Å². The van der Waals surface area contributed by atoms with E-state index in [0.717, 1.165) is 44.4 Å². The molecule has 2 N–H and O–H groups in total. The van der Waals surface area contributed by atoms with Crippen LogP contribution >= 0.6 is 0 Å². The van der Waals surface area contributed by atoms with Crippen molar-refractivity contribution < 1.29 is 4.79 Å². The van der Waals surface area contributed by atoms with Crippen molar-refractivity contribution in [1.29, 1.82) is 0 Å². The summed E-state index contributed by atoms with van der Waals surface area (Å²) < 4.78 is 0. The number of piperidine rings is 1. The number of fused-ring (bicyclic) bond motifs is 1. The Hall–Kier alpha value is -1.56. The highest BCUT2D eigenvalue weighted by Crippen LogP contribution is 2.18. The molecule has 104 valence electrons. The Morgan fingerprint density at radius 1 is 1.26 bits per heavy atom. The minimum absolute atomic E-state index is 0.0233. The second-order valence-electron chi connectivity index (χ2n) is 5.33. The molecule has 0 aromatic heterocycles. The Morgan fingerprint density at radius 3 is 2.79 bits per heavy atom. The molecular formula is C13H21N5O. The fourth-order valence-corrected chi connectivity index (χ4v) is 2.89. The zero-order chi connectivity index (χ0) is 13.2. The summed E-state index contributed by atoms with van der Waals surface area (Å²) in [6.45, 7) is 6.49. The van der Waals surface area contributed by atoms with Crippen LogP contribution in [0, 0.1) is 0 Å². The van der Waals surface area contributed by atoms with Gasteiger partial charge < -0.3 is 10.2 Å². The van der Waals surface area contributed by atoms with Crippen LogP contribution in [0.5, 0.6) is 0 Å². The molecule has 19 heavy (non-hydrogen) atoms. The second kappa shape index (κ2) is 5.21. The first-order valence-corrected chi connectivity index (χ1v) is 7.07. The molecule has 0 aromatic carbocycles. The van der Waals surface area contributed by atoms with Gasteiger partial charge in [-0.05, 0) is 25.9 Å². The zero-order valence-electron chi connectivity index (χ0n) is 11.4. The van der Waals surface area contributed by atoms with Crippen molar-refractivity contribution in [2.45, 2.75) is 26.2 Å². The Kier molecular flexibility index (Phi) is 3.42. The number of ketones is 1. The van der Waals surface area contributed by atoms with Gasteiger partial charge in [-0.2, -0.15) is 5.10 Å². The number of likely N-dealkylation sites (tertiary alicyclic amines) is 1. The molecule has 3 aliphatic heterocycles. The Labute approximate surface area is 113 Å². The fraction of sp³-hybridized carbons (Fsp3) is 0.692. The quantitative estimate of drug-likeness (QED) is 0.753. The van der Waals surface area contributed by atoms with Crippen molar-refractivity contribution in [2.75, 3.05) is 32.7 Å². The van der Waals surface area contributed by atoms with Gasteiger partial charge in [-0.3, -0.25) is 15.1 Å². The molecule has 0 radical (unpaired) electrons. The Balaban J connectivity index is 1.72. The number of nitrogens with zero attached hydrogens (tertiary/aromatic N) is 3.